The molecule has 0 bridgehead atoms. The molecule has 2 heterocycles. The van der Waals surface area contributed by atoms with Gasteiger partial charge in [-0.05, 0) is 55.6 Å². The number of nitrogens with zero attached hydrogens (tertiary/aromatic N) is 2. The summed E-state index contributed by atoms with van der Waals surface area (Å²) >= 11 is 0. The number of unbranched alkanes of at least 4 members (excludes halogenated alkanes) is 2. The first kappa shape index (κ1) is 22.6. The molecule has 172 valence electrons. The van der Waals surface area contributed by atoms with Crippen molar-refractivity contribution in [2.24, 2.45) is 0 Å². The lowest BCUT2D eigenvalue weighted by atomic mass is 10.1. The maximum atomic E-state index is 12.1. The summed E-state index contributed by atoms with van der Waals surface area (Å²) in [6.07, 6.45) is 4.19. The predicted octanol–water partition coefficient (Wildman–Crippen LogP) is 2.96. The van der Waals surface area contributed by atoms with Gasteiger partial charge in [0, 0.05) is 26.2 Å². The minimum atomic E-state index is -3.50. The third-order valence-corrected chi connectivity index (χ3v) is 7.88. The molecule has 0 radical (unpaired) electrons. The van der Waals surface area contributed by atoms with Crippen molar-refractivity contribution >= 4 is 27.1 Å². The molecule has 2 aliphatic rings. The molecule has 1 amide bonds. The van der Waals surface area contributed by atoms with Crippen molar-refractivity contribution in [3.8, 4) is 5.75 Å². The van der Waals surface area contributed by atoms with E-state index in [0.717, 1.165) is 69.7 Å². The first-order valence-electron chi connectivity index (χ1n) is 11.2. The number of methoxy groups -OCH3 is 1. The number of anilines is 2. The minimum absolute atomic E-state index is 0.230. The summed E-state index contributed by atoms with van der Waals surface area (Å²) in [5.41, 5.74) is 2.65. The van der Waals surface area contributed by atoms with Crippen LogP contribution in [0.1, 0.15) is 24.8 Å². The van der Waals surface area contributed by atoms with Gasteiger partial charge in [-0.15, -0.1) is 0 Å². The number of ether oxygens (including phenoxy) is 1. The van der Waals surface area contributed by atoms with E-state index in [4.69, 9.17) is 4.74 Å². The predicted molar refractivity (Wildman–Crippen MR) is 126 cm³/mol. The number of para-hydroxylation sites is 2. The average Bonchev–Trinajstić information content (AvgIpc) is 2.78. The lowest BCUT2D eigenvalue weighted by Crippen LogP contribution is -2.46. The van der Waals surface area contributed by atoms with Crippen LogP contribution >= 0.6 is 0 Å². The number of aryl methyl sites for hydroxylation is 1. The van der Waals surface area contributed by atoms with Gasteiger partial charge in [-0.3, -0.25) is 9.69 Å². The topological polar surface area (TPSA) is 79.0 Å². The molecule has 0 spiro atoms. The number of rotatable bonds is 8. The molecule has 2 aromatic carbocycles. The molecule has 1 saturated heterocycles. The van der Waals surface area contributed by atoms with Crippen molar-refractivity contribution in [3.63, 3.8) is 0 Å². The molecule has 1 N–H and O–H groups in total. The van der Waals surface area contributed by atoms with Crippen LogP contribution in [0.15, 0.2) is 47.4 Å². The highest BCUT2D eigenvalue weighted by Crippen LogP contribution is 2.29. The monoisotopic (exact) mass is 457 g/mol. The van der Waals surface area contributed by atoms with Crippen LogP contribution in [0, 0.1) is 0 Å². The van der Waals surface area contributed by atoms with E-state index in [1.807, 2.05) is 18.2 Å². The summed E-state index contributed by atoms with van der Waals surface area (Å²) in [5.74, 6) is 0.00714. The standard InChI is InChI=1S/C24H31N3O4S/c1-31-22-9-5-4-8-21(22)27-15-13-26(14-16-27)12-6-2-3-7-19-10-11-23-20(17-19)25-24(28)18-32(23,29)30/h4-5,8-11,17H,2-3,6-7,12-16,18H2,1H3,(H,25,28). The zero-order valence-corrected chi connectivity index (χ0v) is 19.4. The Balaban J connectivity index is 1.19. The molecule has 0 unspecified atom stereocenters. The third kappa shape index (κ3) is 5.24. The normalized spacial score (nSPS) is 18.2. The zero-order valence-electron chi connectivity index (χ0n) is 18.5. The molecule has 7 nitrogen and oxygen atoms in total. The van der Waals surface area contributed by atoms with Crippen molar-refractivity contribution in [3.05, 3.63) is 48.0 Å². The Morgan fingerprint density at radius 1 is 1.00 bits per heavy atom. The minimum Gasteiger partial charge on any atom is -0.495 e. The lowest BCUT2D eigenvalue weighted by Gasteiger charge is -2.36. The second-order valence-corrected chi connectivity index (χ2v) is 10.4. The highest BCUT2D eigenvalue weighted by atomic mass is 32.2. The van der Waals surface area contributed by atoms with Crippen LogP contribution in [0.25, 0.3) is 0 Å². The van der Waals surface area contributed by atoms with Gasteiger partial charge in [0.25, 0.3) is 0 Å². The van der Waals surface area contributed by atoms with Crippen LogP contribution in [-0.4, -0.2) is 64.8 Å². The average molecular weight is 458 g/mol. The van der Waals surface area contributed by atoms with Crippen LogP contribution in [0.3, 0.4) is 0 Å². The van der Waals surface area contributed by atoms with Gasteiger partial charge in [0.15, 0.2) is 9.84 Å². The SMILES string of the molecule is COc1ccccc1N1CCN(CCCCCc2ccc3c(c2)NC(=O)CS3(=O)=O)CC1. The van der Waals surface area contributed by atoms with Gasteiger partial charge in [0.2, 0.25) is 5.91 Å². The Morgan fingerprint density at radius 3 is 2.56 bits per heavy atom. The van der Waals surface area contributed by atoms with Crippen molar-refractivity contribution < 1.29 is 17.9 Å². The van der Waals surface area contributed by atoms with E-state index in [1.165, 1.54) is 5.69 Å². The van der Waals surface area contributed by atoms with Crippen LogP contribution in [-0.2, 0) is 21.1 Å². The summed E-state index contributed by atoms with van der Waals surface area (Å²) < 4.78 is 29.7. The number of carbonyl (C=O) groups is 1. The number of benzene rings is 2. The van der Waals surface area contributed by atoms with E-state index in [9.17, 15) is 13.2 Å². The molecule has 2 aliphatic heterocycles. The molecule has 0 atom stereocenters. The Hall–Kier alpha value is -2.58. The van der Waals surface area contributed by atoms with E-state index in [1.54, 1.807) is 19.2 Å². The molecule has 2 aromatic rings. The van der Waals surface area contributed by atoms with E-state index in [2.05, 4.69) is 27.2 Å². The number of nitrogens with one attached hydrogen (secondary N) is 1. The Kier molecular flexibility index (Phi) is 7.01. The molecule has 4 rings (SSSR count). The smallest absolute Gasteiger partial charge is 0.239 e. The van der Waals surface area contributed by atoms with Gasteiger partial charge in [0.05, 0.1) is 23.4 Å². The van der Waals surface area contributed by atoms with E-state index >= 15 is 0 Å². The molecule has 0 saturated carbocycles. The van der Waals surface area contributed by atoms with Crippen LogP contribution in [0.5, 0.6) is 5.75 Å². The van der Waals surface area contributed by atoms with Gasteiger partial charge in [-0.2, -0.15) is 0 Å². The number of piperazine rings is 1. The number of hydrogen-bond donors (Lipinski definition) is 1. The number of amides is 1. The third-order valence-electron chi connectivity index (χ3n) is 6.21. The second-order valence-electron chi connectivity index (χ2n) is 8.45. The van der Waals surface area contributed by atoms with Crippen LogP contribution in [0.4, 0.5) is 11.4 Å². The number of carbonyl (C=O) groups excluding carboxylic acids is 1. The molecule has 1 fully saturated rings. The molecule has 8 heteroatoms. The highest BCUT2D eigenvalue weighted by Gasteiger charge is 2.28. The van der Waals surface area contributed by atoms with Crippen LogP contribution in [0.2, 0.25) is 0 Å². The first-order chi connectivity index (χ1) is 15.5. The van der Waals surface area contributed by atoms with Gasteiger partial charge >= 0.3 is 0 Å². The Labute approximate surface area is 190 Å². The summed E-state index contributed by atoms with van der Waals surface area (Å²) in [7, 11) is -1.78. The second kappa shape index (κ2) is 9.92. The van der Waals surface area contributed by atoms with Crippen molar-refractivity contribution in [2.45, 2.75) is 30.6 Å². The van der Waals surface area contributed by atoms with Crippen molar-refractivity contribution in [2.75, 3.05) is 55.8 Å². The molecule has 0 aromatic heterocycles. The molecular formula is C24H31N3O4S. The van der Waals surface area contributed by atoms with Gasteiger partial charge in [0.1, 0.15) is 11.5 Å². The maximum Gasteiger partial charge on any atom is 0.239 e. The highest BCUT2D eigenvalue weighted by molar-refractivity contribution is 7.92. The summed E-state index contributed by atoms with van der Waals surface area (Å²) in [5, 5.41) is 2.69. The fourth-order valence-corrected chi connectivity index (χ4v) is 5.78. The summed E-state index contributed by atoms with van der Waals surface area (Å²) in [6.45, 7) is 5.21. The van der Waals surface area contributed by atoms with Gasteiger partial charge in [-0.25, -0.2) is 8.42 Å². The molecule has 32 heavy (non-hydrogen) atoms. The number of sulfone groups is 1. The number of hydrogen-bond acceptors (Lipinski definition) is 6. The molecule has 0 aliphatic carbocycles. The first-order valence-corrected chi connectivity index (χ1v) is 12.9. The fraction of sp³-hybridized carbons (Fsp3) is 0.458. The summed E-state index contributed by atoms with van der Waals surface area (Å²) in [4.78, 5) is 16.8. The number of fused-ring (bicyclic) bond motifs is 1. The Morgan fingerprint density at radius 2 is 1.78 bits per heavy atom. The zero-order chi connectivity index (χ0) is 22.6. The van der Waals surface area contributed by atoms with E-state index in [-0.39, 0.29) is 4.90 Å². The lowest BCUT2D eigenvalue weighted by molar-refractivity contribution is -0.114. The van der Waals surface area contributed by atoms with Crippen LogP contribution < -0.4 is 15.0 Å². The Bertz CT molecular complexity index is 1060. The van der Waals surface area contributed by atoms with E-state index in [0.29, 0.717) is 5.69 Å². The fourth-order valence-electron chi connectivity index (χ4n) is 4.48. The largest absolute Gasteiger partial charge is 0.495 e. The van der Waals surface area contributed by atoms with Crippen molar-refractivity contribution in [1.29, 1.82) is 0 Å². The van der Waals surface area contributed by atoms with Gasteiger partial charge < -0.3 is 15.0 Å². The van der Waals surface area contributed by atoms with Crippen molar-refractivity contribution in [1.82, 2.24) is 4.90 Å². The summed E-state index contributed by atoms with van der Waals surface area (Å²) in [6, 6.07) is 13.5. The van der Waals surface area contributed by atoms with E-state index < -0.39 is 21.5 Å². The van der Waals surface area contributed by atoms with Gasteiger partial charge in [-0.1, -0.05) is 24.6 Å². The quantitative estimate of drug-likeness (QED) is 0.614. The maximum absolute atomic E-state index is 12.1. The molecular weight excluding hydrogens is 426 g/mol.